The third kappa shape index (κ3) is 4.07. The zero-order chi connectivity index (χ0) is 18.5. The Bertz CT molecular complexity index is 980. The summed E-state index contributed by atoms with van der Waals surface area (Å²) in [6.07, 6.45) is 1.50. The lowest BCUT2D eigenvalue weighted by Gasteiger charge is -2.10. The van der Waals surface area contributed by atoms with Crippen LogP contribution in [-0.4, -0.2) is 29.3 Å². The molecule has 7 heteroatoms. The van der Waals surface area contributed by atoms with E-state index in [1.807, 2.05) is 31.2 Å². The molecule has 0 bridgehead atoms. The highest BCUT2D eigenvalue weighted by atomic mass is 16.5. The fourth-order valence-corrected chi connectivity index (χ4v) is 2.52. The number of ether oxygens (including phenoxy) is 1. The zero-order valence-corrected chi connectivity index (χ0v) is 14.7. The number of rotatable bonds is 5. The molecule has 0 fully saturated rings. The van der Waals surface area contributed by atoms with Gasteiger partial charge in [-0.1, -0.05) is 17.7 Å². The molecule has 0 atom stereocenters. The Labute approximate surface area is 150 Å². The van der Waals surface area contributed by atoms with Crippen molar-refractivity contribution in [1.82, 2.24) is 9.55 Å². The summed E-state index contributed by atoms with van der Waals surface area (Å²) in [6.45, 7) is 2.82. The molecule has 3 rings (SSSR count). The third-order valence-electron chi connectivity index (χ3n) is 3.93. The molecular formula is C19H20N4O3. The number of fused-ring (bicyclic) bond motifs is 1. The van der Waals surface area contributed by atoms with Crippen LogP contribution >= 0.6 is 0 Å². The number of methoxy groups -OCH3 is 1. The average Bonchev–Trinajstić information content (AvgIpc) is 2.63. The minimum atomic E-state index is -0.378. The number of nitrogens with zero attached hydrogens (tertiary/aromatic N) is 2. The average molecular weight is 352 g/mol. The van der Waals surface area contributed by atoms with Crippen LogP contribution in [0.4, 0.5) is 16.2 Å². The molecule has 0 saturated heterocycles. The molecule has 26 heavy (non-hydrogen) atoms. The van der Waals surface area contributed by atoms with Crippen LogP contribution in [0.25, 0.3) is 10.9 Å². The highest BCUT2D eigenvalue weighted by Crippen LogP contribution is 2.15. The number of benzene rings is 2. The Balaban J connectivity index is 1.79. The molecule has 7 nitrogen and oxygen atoms in total. The van der Waals surface area contributed by atoms with E-state index in [-0.39, 0.29) is 11.6 Å². The highest BCUT2D eigenvalue weighted by Gasteiger charge is 2.08. The molecule has 0 aliphatic carbocycles. The molecule has 1 heterocycles. The Kier molecular flexibility index (Phi) is 5.28. The van der Waals surface area contributed by atoms with E-state index >= 15 is 0 Å². The van der Waals surface area contributed by atoms with Gasteiger partial charge in [0.25, 0.3) is 5.56 Å². The van der Waals surface area contributed by atoms with Crippen LogP contribution in [0.15, 0.2) is 53.6 Å². The van der Waals surface area contributed by atoms with Crippen LogP contribution in [0.2, 0.25) is 0 Å². The van der Waals surface area contributed by atoms with Gasteiger partial charge in [-0.2, -0.15) is 0 Å². The number of carbonyl (C=O) groups is 1. The fourth-order valence-electron chi connectivity index (χ4n) is 2.52. The first-order valence-electron chi connectivity index (χ1n) is 8.19. The second-order valence-electron chi connectivity index (χ2n) is 5.91. The lowest BCUT2D eigenvalue weighted by atomic mass is 10.2. The number of nitrogens with one attached hydrogen (secondary N) is 2. The van der Waals surface area contributed by atoms with Gasteiger partial charge < -0.3 is 15.4 Å². The smallest absolute Gasteiger partial charge is 0.323 e. The van der Waals surface area contributed by atoms with Gasteiger partial charge in [-0.25, -0.2) is 9.78 Å². The van der Waals surface area contributed by atoms with Gasteiger partial charge in [-0.3, -0.25) is 9.36 Å². The number of carbonyl (C=O) groups excluding carboxylic acids is 1. The largest absolute Gasteiger partial charge is 0.383 e. The topological polar surface area (TPSA) is 85.2 Å². The second-order valence-corrected chi connectivity index (χ2v) is 5.91. The number of amides is 2. The van der Waals surface area contributed by atoms with E-state index in [0.717, 1.165) is 5.56 Å². The van der Waals surface area contributed by atoms with Crippen LogP contribution in [0.1, 0.15) is 5.56 Å². The van der Waals surface area contributed by atoms with E-state index in [1.54, 1.807) is 25.3 Å². The molecule has 2 N–H and O–H groups in total. The van der Waals surface area contributed by atoms with Gasteiger partial charge in [0.05, 0.1) is 30.4 Å². The molecule has 0 spiro atoms. The Morgan fingerprint density at radius 3 is 2.54 bits per heavy atom. The number of aromatic nitrogens is 2. The summed E-state index contributed by atoms with van der Waals surface area (Å²) in [4.78, 5) is 29.0. The van der Waals surface area contributed by atoms with E-state index < -0.39 is 0 Å². The molecule has 134 valence electrons. The van der Waals surface area contributed by atoms with Crippen molar-refractivity contribution in [2.75, 3.05) is 24.4 Å². The lowest BCUT2D eigenvalue weighted by molar-refractivity contribution is 0.186. The van der Waals surface area contributed by atoms with Crippen molar-refractivity contribution in [2.24, 2.45) is 0 Å². The molecule has 0 aliphatic rings. The molecule has 3 aromatic rings. The van der Waals surface area contributed by atoms with Crippen LogP contribution in [0.5, 0.6) is 0 Å². The molecular weight excluding hydrogens is 332 g/mol. The zero-order valence-electron chi connectivity index (χ0n) is 14.7. The van der Waals surface area contributed by atoms with Crippen molar-refractivity contribution in [3.8, 4) is 0 Å². The molecule has 2 amide bonds. The second kappa shape index (κ2) is 7.79. The summed E-state index contributed by atoms with van der Waals surface area (Å²) in [5.74, 6) is 0. The first-order valence-corrected chi connectivity index (χ1v) is 8.19. The van der Waals surface area contributed by atoms with E-state index in [9.17, 15) is 9.59 Å². The maximum atomic E-state index is 12.5. The minimum absolute atomic E-state index is 0.172. The number of anilines is 2. The number of aryl methyl sites for hydroxylation is 1. The SMILES string of the molecule is COCCn1cnc2ccc(NC(=O)Nc3ccc(C)cc3)cc2c1=O. The summed E-state index contributed by atoms with van der Waals surface area (Å²) in [7, 11) is 1.58. The molecule has 0 saturated carbocycles. The third-order valence-corrected chi connectivity index (χ3v) is 3.93. The number of hydrogen-bond donors (Lipinski definition) is 2. The van der Waals surface area contributed by atoms with E-state index in [0.29, 0.717) is 35.4 Å². The van der Waals surface area contributed by atoms with Gasteiger partial charge in [0.2, 0.25) is 0 Å². The van der Waals surface area contributed by atoms with Gasteiger partial charge in [-0.15, -0.1) is 0 Å². The Morgan fingerprint density at radius 1 is 1.12 bits per heavy atom. The Morgan fingerprint density at radius 2 is 1.81 bits per heavy atom. The Hall–Kier alpha value is -3.19. The number of hydrogen-bond acceptors (Lipinski definition) is 4. The van der Waals surface area contributed by atoms with Gasteiger partial charge in [0, 0.05) is 18.5 Å². The molecule has 1 aromatic heterocycles. The van der Waals surface area contributed by atoms with Crippen LogP contribution in [-0.2, 0) is 11.3 Å². The van der Waals surface area contributed by atoms with Crippen molar-refractivity contribution in [3.05, 3.63) is 64.7 Å². The summed E-state index contributed by atoms with van der Waals surface area (Å²) >= 11 is 0. The molecule has 0 unspecified atom stereocenters. The first kappa shape index (κ1) is 17.6. The normalized spacial score (nSPS) is 10.7. The molecule has 0 aliphatic heterocycles. The summed E-state index contributed by atoms with van der Waals surface area (Å²) in [5, 5.41) is 5.93. The van der Waals surface area contributed by atoms with E-state index in [4.69, 9.17) is 4.74 Å². The van der Waals surface area contributed by atoms with Gasteiger partial charge in [0.1, 0.15) is 0 Å². The van der Waals surface area contributed by atoms with Crippen molar-refractivity contribution in [3.63, 3.8) is 0 Å². The summed E-state index contributed by atoms with van der Waals surface area (Å²) in [5.41, 5.74) is 2.73. The van der Waals surface area contributed by atoms with Gasteiger partial charge >= 0.3 is 6.03 Å². The maximum Gasteiger partial charge on any atom is 0.323 e. The van der Waals surface area contributed by atoms with Gasteiger partial charge in [-0.05, 0) is 37.3 Å². The highest BCUT2D eigenvalue weighted by molar-refractivity contribution is 6.00. The lowest BCUT2D eigenvalue weighted by Crippen LogP contribution is -2.23. The molecule has 2 aromatic carbocycles. The quantitative estimate of drug-likeness (QED) is 0.739. The van der Waals surface area contributed by atoms with Crippen molar-refractivity contribution < 1.29 is 9.53 Å². The van der Waals surface area contributed by atoms with E-state index in [2.05, 4.69) is 15.6 Å². The number of urea groups is 1. The minimum Gasteiger partial charge on any atom is -0.383 e. The predicted molar refractivity (Wildman–Crippen MR) is 102 cm³/mol. The standard InChI is InChI=1S/C19H20N4O3/c1-13-3-5-14(6-4-13)21-19(25)22-15-7-8-17-16(11-15)18(24)23(12-20-17)9-10-26-2/h3-8,11-12H,9-10H2,1-2H3,(H2,21,22,25). The fraction of sp³-hybridized carbons (Fsp3) is 0.211. The van der Waals surface area contributed by atoms with Crippen molar-refractivity contribution in [2.45, 2.75) is 13.5 Å². The maximum absolute atomic E-state index is 12.5. The van der Waals surface area contributed by atoms with Crippen molar-refractivity contribution >= 4 is 28.3 Å². The predicted octanol–water partition coefficient (Wildman–Crippen LogP) is 3.00. The van der Waals surface area contributed by atoms with Crippen LogP contribution < -0.4 is 16.2 Å². The van der Waals surface area contributed by atoms with Crippen LogP contribution in [0.3, 0.4) is 0 Å². The first-order chi connectivity index (χ1) is 12.6. The molecule has 0 radical (unpaired) electrons. The summed E-state index contributed by atoms with van der Waals surface area (Å²) < 4.78 is 6.49. The van der Waals surface area contributed by atoms with Gasteiger partial charge in [0.15, 0.2) is 0 Å². The van der Waals surface area contributed by atoms with Crippen LogP contribution in [0, 0.1) is 6.92 Å². The summed E-state index contributed by atoms with van der Waals surface area (Å²) in [6, 6.07) is 12.2. The van der Waals surface area contributed by atoms with E-state index in [1.165, 1.54) is 10.9 Å². The van der Waals surface area contributed by atoms with Crippen molar-refractivity contribution in [1.29, 1.82) is 0 Å². The monoisotopic (exact) mass is 352 g/mol.